The third kappa shape index (κ3) is 4.13. The zero-order valence-corrected chi connectivity index (χ0v) is 14.7. The van der Waals surface area contributed by atoms with E-state index in [1.54, 1.807) is 0 Å². The van der Waals surface area contributed by atoms with Crippen molar-refractivity contribution < 1.29 is 0 Å². The van der Waals surface area contributed by atoms with Gasteiger partial charge >= 0.3 is 0 Å². The zero-order valence-electron chi connectivity index (χ0n) is 13.9. The van der Waals surface area contributed by atoms with Crippen LogP contribution in [-0.4, -0.2) is 19.6 Å². The van der Waals surface area contributed by atoms with Crippen molar-refractivity contribution in [1.29, 1.82) is 0 Å². The van der Waals surface area contributed by atoms with Crippen molar-refractivity contribution in [2.75, 3.05) is 18.5 Å². The van der Waals surface area contributed by atoms with E-state index in [-0.39, 0.29) is 11.5 Å². The average molecular weight is 297 g/mol. The highest BCUT2D eigenvalue weighted by Crippen LogP contribution is 2.31. The molecule has 2 nitrogen and oxygen atoms in total. The Morgan fingerprint density at radius 1 is 1.25 bits per heavy atom. The third-order valence-electron chi connectivity index (χ3n) is 4.20. The maximum absolute atomic E-state index is 6.46. The van der Waals surface area contributed by atoms with Gasteiger partial charge < -0.3 is 10.2 Å². The lowest BCUT2D eigenvalue weighted by molar-refractivity contribution is 0.330. The number of hydrogen-bond acceptors (Lipinski definition) is 2. The molecular formula is C17H29ClN2. The summed E-state index contributed by atoms with van der Waals surface area (Å²) >= 11 is 6.46. The van der Waals surface area contributed by atoms with Crippen molar-refractivity contribution >= 4 is 17.3 Å². The van der Waals surface area contributed by atoms with Crippen LogP contribution in [-0.2, 0) is 0 Å². The Kier molecular flexibility index (Phi) is 5.91. The summed E-state index contributed by atoms with van der Waals surface area (Å²) in [6.45, 7) is 14.2. The first-order chi connectivity index (χ1) is 9.18. The molecule has 1 aromatic carbocycles. The summed E-state index contributed by atoms with van der Waals surface area (Å²) in [5.74, 6) is 0. The topological polar surface area (TPSA) is 15.3 Å². The monoisotopic (exact) mass is 296 g/mol. The van der Waals surface area contributed by atoms with Crippen LogP contribution < -0.4 is 10.2 Å². The molecule has 0 aliphatic rings. The van der Waals surface area contributed by atoms with Gasteiger partial charge in [-0.1, -0.05) is 45.4 Å². The molecule has 0 aliphatic heterocycles. The molecule has 0 bridgehead atoms. The van der Waals surface area contributed by atoms with E-state index in [1.165, 1.54) is 5.69 Å². The van der Waals surface area contributed by atoms with Gasteiger partial charge in [0.05, 0.1) is 0 Å². The number of rotatable bonds is 5. The lowest BCUT2D eigenvalue weighted by Gasteiger charge is -2.37. The number of benzene rings is 1. The van der Waals surface area contributed by atoms with E-state index in [9.17, 15) is 0 Å². The first-order valence-electron chi connectivity index (χ1n) is 7.44. The van der Waals surface area contributed by atoms with E-state index >= 15 is 0 Å². The van der Waals surface area contributed by atoms with Gasteiger partial charge in [0.25, 0.3) is 0 Å². The van der Waals surface area contributed by atoms with Crippen molar-refractivity contribution in [3.05, 3.63) is 28.8 Å². The van der Waals surface area contributed by atoms with Crippen LogP contribution in [0.3, 0.4) is 0 Å². The van der Waals surface area contributed by atoms with Gasteiger partial charge in [-0.15, -0.1) is 0 Å². The van der Waals surface area contributed by atoms with Crippen LogP contribution in [0.1, 0.15) is 53.1 Å². The summed E-state index contributed by atoms with van der Waals surface area (Å²) in [7, 11) is 2.13. The maximum atomic E-state index is 6.46. The first-order valence-corrected chi connectivity index (χ1v) is 7.82. The number of nitrogens with one attached hydrogen (secondary N) is 1. The molecule has 0 aliphatic carbocycles. The smallest absolute Gasteiger partial charge is 0.0474 e. The van der Waals surface area contributed by atoms with E-state index in [2.05, 4.69) is 77.0 Å². The highest BCUT2D eigenvalue weighted by Gasteiger charge is 2.24. The van der Waals surface area contributed by atoms with Crippen LogP contribution in [0.25, 0.3) is 0 Å². The largest absolute Gasteiger partial charge is 0.371 e. The Balaban J connectivity index is 2.97. The predicted molar refractivity (Wildman–Crippen MR) is 90.9 cm³/mol. The molecule has 3 heteroatoms. The molecule has 114 valence electrons. The molecule has 0 amide bonds. The highest BCUT2D eigenvalue weighted by molar-refractivity contribution is 6.31. The van der Waals surface area contributed by atoms with E-state index < -0.39 is 0 Å². The molecule has 1 N–H and O–H groups in total. The second kappa shape index (κ2) is 6.82. The van der Waals surface area contributed by atoms with Gasteiger partial charge in [0.15, 0.2) is 0 Å². The van der Waals surface area contributed by atoms with Gasteiger partial charge in [-0.25, -0.2) is 0 Å². The Morgan fingerprint density at radius 2 is 1.85 bits per heavy atom. The maximum Gasteiger partial charge on any atom is 0.0474 e. The van der Waals surface area contributed by atoms with Gasteiger partial charge in [-0.2, -0.15) is 0 Å². The van der Waals surface area contributed by atoms with Crippen LogP contribution in [0.4, 0.5) is 5.69 Å². The van der Waals surface area contributed by atoms with E-state index in [0.717, 1.165) is 17.1 Å². The molecule has 0 spiro atoms. The zero-order chi connectivity index (χ0) is 15.5. The normalized spacial score (nSPS) is 15.0. The number of anilines is 1. The van der Waals surface area contributed by atoms with Crippen molar-refractivity contribution in [3.63, 3.8) is 0 Å². The Bertz CT molecular complexity index is 437. The molecule has 0 fully saturated rings. The van der Waals surface area contributed by atoms with Crippen LogP contribution >= 0.6 is 11.6 Å². The van der Waals surface area contributed by atoms with E-state index in [4.69, 9.17) is 11.6 Å². The molecule has 1 aromatic rings. The molecular weight excluding hydrogens is 268 g/mol. The quantitative estimate of drug-likeness (QED) is 0.833. The molecule has 0 radical (unpaired) electrons. The molecule has 0 heterocycles. The molecule has 1 rings (SSSR count). The van der Waals surface area contributed by atoms with Crippen LogP contribution in [0.2, 0.25) is 5.02 Å². The van der Waals surface area contributed by atoms with Crippen LogP contribution in [0.5, 0.6) is 0 Å². The van der Waals surface area contributed by atoms with Crippen molar-refractivity contribution in [2.24, 2.45) is 5.41 Å². The summed E-state index contributed by atoms with van der Waals surface area (Å²) in [4.78, 5) is 2.30. The summed E-state index contributed by atoms with van der Waals surface area (Å²) in [6, 6.07) is 7.10. The highest BCUT2D eigenvalue weighted by atomic mass is 35.5. The van der Waals surface area contributed by atoms with E-state index in [0.29, 0.717) is 6.04 Å². The summed E-state index contributed by atoms with van der Waals surface area (Å²) < 4.78 is 0. The number of hydrogen-bond donors (Lipinski definition) is 1. The van der Waals surface area contributed by atoms with Crippen LogP contribution in [0.15, 0.2) is 18.2 Å². The fourth-order valence-corrected chi connectivity index (χ4v) is 2.65. The van der Waals surface area contributed by atoms with Gasteiger partial charge in [-0.05, 0) is 43.5 Å². The second-order valence-electron chi connectivity index (χ2n) is 6.64. The van der Waals surface area contributed by atoms with Crippen molar-refractivity contribution in [2.45, 2.75) is 53.6 Å². The fraction of sp³-hybridized carbons (Fsp3) is 0.647. The SMILES string of the molecule is CCNC(C)c1ccc(N(C)C(C)C(C)(C)C)cc1Cl. The molecule has 2 atom stereocenters. The third-order valence-corrected chi connectivity index (χ3v) is 4.53. The molecule has 0 aromatic heterocycles. The minimum Gasteiger partial charge on any atom is -0.371 e. The summed E-state index contributed by atoms with van der Waals surface area (Å²) in [6.07, 6.45) is 0. The Morgan fingerprint density at radius 3 is 2.30 bits per heavy atom. The Labute approximate surface area is 129 Å². The van der Waals surface area contributed by atoms with Crippen molar-refractivity contribution in [1.82, 2.24) is 5.32 Å². The van der Waals surface area contributed by atoms with Gasteiger partial charge in [-0.3, -0.25) is 0 Å². The van der Waals surface area contributed by atoms with E-state index in [1.807, 2.05) is 0 Å². The predicted octanol–water partition coefficient (Wildman–Crippen LogP) is 4.88. The van der Waals surface area contributed by atoms with Gasteiger partial charge in [0, 0.05) is 29.8 Å². The van der Waals surface area contributed by atoms with Gasteiger partial charge in [0.2, 0.25) is 0 Å². The number of nitrogens with zero attached hydrogens (tertiary/aromatic N) is 1. The summed E-state index contributed by atoms with van der Waals surface area (Å²) in [5, 5.41) is 4.24. The van der Waals surface area contributed by atoms with Gasteiger partial charge in [0.1, 0.15) is 0 Å². The lowest BCUT2D eigenvalue weighted by atomic mass is 9.87. The number of halogens is 1. The lowest BCUT2D eigenvalue weighted by Crippen LogP contribution is -2.39. The summed E-state index contributed by atoms with van der Waals surface area (Å²) in [5.41, 5.74) is 2.57. The van der Waals surface area contributed by atoms with Crippen molar-refractivity contribution in [3.8, 4) is 0 Å². The minimum absolute atomic E-state index is 0.233. The molecule has 20 heavy (non-hydrogen) atoms. The Hall–Kier alpha value is -0.730. The first kappa shape index (κ1) is 17.3. The molecule has 2 unspecified atom stereocenters. The average Bonchev–Trinajstić information content (AvgIpc) is 2.35. The minimum atomic E-state index is 0.233. The second-order valence-corrected chi connectivity index (χ2v) is 7.05. The standard InChI is InChI=1S/C17H29ClN2/c1-8-19-12(2)15-10-9-14(11-16(15)18)20(7)13(3)17(4,5)6/h9-13,19H,8H2,1-7H3. The van der Waals surface area contributed by atoms with Crippen LogP contribution in [0, 0.1) is 5.41 Å². The fourth-order valence-electron chi connectivity index (χ4n) is 2.31. The molecule has 0 saturated heterocycles. The molecule has 0 saturated carbocycles.